The van der Waals surface area contributed by atoms with E-state index in [2.05, 4.69) is 15.6 Å². The van der Waals surface area contributed by atoms with Gasteiger partial charge in [-0.1, -0.05) is 5.21 Å². The van der Waals surface area contributed by atoms with E-state index in [-0.39, 0.29) is 18.1 Å². The van der Waals surface area contributed by atoms with Crippen LogP contribution in [0.4, 0.5) is 0 Å². The van der Waals surface area contributed by atoms with Gasteiger partial charge in [0.25, 0.3) is 5.91 Å². The van der Waals surface area contributed by atoms with Crippen LogP contribution in [0.5, 0.6) is 0 Å². The minimum Gasteiger partial charge on any atom is -0.368 e. The summed E-state index contributed by atoms with van der Waals surface area (Å²) in [5, 5.41) is 9.44. The zero-order chi connectivity index (χ0) is 9.84. The molecule has 1 rings (SSSR count). The van der Waals surface area contributed by atoms with Crippen molar-refractivity contribution < 1.29 is 9.59 Å². The molecule has 1 heterocycles. The molecule has 1 aromatic heterocycles. The molecule has 0 atom stereocenters. The summed E-state index contributed by atoms with van der Waals surface area (Å²) in [6.45, 7) is -0.0794. The zero-order valence-corrected chi connectivity index (χ0v) is 7.02. The van der Waals surface area contributed by atoms with Crippen LogP contribution in [0.1, 0.15) is 10.5 Å². The predicted octanol–water partition coefficient (Wildman–Crippen LogP) is -1.88. The Bertz CT molecular complexity index is 332. The maximum Gasteiger partial charge on any atom is 0.273 e. The fourth-order valence-electron chi connectivity index (χ4n) is 0.767. The number of nitrogens with zero attached hydrogens (tertiary/aromatic N) is 3. The Morgan fingerprint density at radius 1 is 1.69 bits per heavy atom. The van der Waals surface area contributed by atoms with Crippen LogP contribution < -0.4 is 11.1 Å². The number of nitrogens with two attached hydrogens (primary N) is 1. The molecule has 0 bridgehead atoms. The van der Waals surface area contributed by atoms with Gasteiger partial charge in [-0.15, -0.1) is 5.10 Å². The lowest BCUT2D eigenvalue weighted by molar-refractivity contribution is -0.118. The van der Waals surface area contributed by atoms with Crippen LogP contribution in [0.15, 0.2) is 6.20 Å². The number of hydrogen-bond donors (Lipinski definition) is 2. The van der Waals surface area contributed by atoms with E-state index in [1.165, 1.54) is 17.9 Å². The molecule has 0 spiro atoms. The van der Waals surface area contributed by atoms with E-state index < -0.39 is 5.91 Å². The number of hydrogen-bond acceptors (Lipinski definition) is 4. The Labute approximate surface area is 73.9 Å². The van der Waals surface area contributed by atoms with E-state index in [4.69, 9.17) is 5.73 Å². The van der Waals surface area contributed by atoms with Gasteiger partial charge in [0.15, 0.2) is 5.69 Å². The van der Waals surface area contributed by atoms with Crippen LogP contribution in [-0.2, 0) is 11.3 Å². The molecule has 7 nitrogen and oxygen atoms in total. The zero-order valence-electron chi connectivity index (χ0n) is 7.02. The molecule has 0 saturated carbocycles. The van der Waals surface area contributed by atoms with Gasteiger partial charge in [0.05, 0.1) is 6.20 Å². The first-order valence-corrected chi connectivity index (χ1v) is 3.54. The van der Waals surface area contributed by atoms with Gasteiger partial charge in [-0.3, -0.25) is 9.59 Å². The fraction of sp³-hybridized carbons (Fsp3) is 0.333. The number of carbonyl (C=O) groups is 2. The van der Waals surface area contributed by atoms with Crippen LogP contribution in [0.2, 0.25) is 0 Å². The summed E-state index contributed by atoms with van der Waals surface area (Å²) in [5.41, 5.74) is 5.07. The highest BCUT2D eigenvalue weighted by Crippen LogP contribution is 1.91. The van der Waals surface area contributed by atoms with Crippen molar-refractivity contribution in [3.8, 4) is 0 Å². The Hall–Kier alpha value is -1.92. The van der Waals surface area contributed by atoms with Crippen LogP contribution in [0, 0.1) is 0 Å². The molecule has 3 N–H and O–H groups in total. The summed E-state index contributed by atoms with van der Waals surface area (Å²) in [4.78, 5) is 21.4. The first kappa shape index (κ1) is 9.17. The third-order valence-corrected chi connectivity index (χ3v) is 1.32. The topological polar surface area (TPSA) is 103 Å². The van der Waals surface area contributed by atoms with E-state index in [1.54, 1.807) is 0 Å². The standard InChI is InChI=1S/C6H9N5O2/c1-8-6(13)4-2-11(10-9-4)3-5(7)12/h2H,3H2,1H3,(H2,7,12)(H,8,13). The number of rotatable bonds is 3. The monoisotopic (exact) mass is 183 g/mol. The van der Waals surface area contributed by atoms with Crippen molar-refractivity contribution in [1.29, 1.82) is 0 Å². The maximum absolute atomic E-state index is 11.0. The van der Waals surface area contributed by atoms with Crippen molar-refractivity contribution in [2.75, 3.05) is 7.05 Å². The number of aromatic nitrogens is 3. The maximum atomic E-state index is 11.0. The third kappa shape index (κ3) is 2.26. The van der Waals surface area contributed by atoms with Gasteiger partial charge < -0.3 is 11.1 Å². The smallest absolute Gasteiger partial charge is 0.273 e. The molecule has 0 aliphatic rings. The minimum atomic E-state index is -0.534. The van der Waals surface area contributed by atoms with E-state index >= 15 is 0 Å². The molecule has 0 aromatic carbocycles. The number of primary amides is 1. The van der Waals surface area contributed by atoms with E-state index in [0.29, 0.717) is 0 Å². The van der Waals surface area contributed by atoms with Gasteiger partial charge in [0.1, 0.15) is 6.54 Å². The summed E-state index contributed by atoms with van der Waals surface area (Å²) in [5.74, 6) is -0.885. The number of carbonyl (C=O) groups excluding carboxylic acids is 2. The van der Waals surface area contributed by atoms with Gasteiger partial charge in [-0.05, 0) is 0 Å². The largest absolute Gasteiger partial charge is 0.368 e. The van der Waals surface area contributed by atoms with Gasteiger partial charge in [-0.2, -0.15) is 0 Å². The predicted molar refractivity (Wildman–Crippen MR) is 42.6 cm³/mol. The van der Waals surface area contributed by atoms with Crippen LogP contribution >= 0.6 is 0 Å². The average Bonchev–Trinajstić information content (AvgIpc) is 2.50. The molecular formula is C6H9N5O2. The minimum absolute atomic E-state index is 0.0794. The molecule has 0 saturated heterocycles. The number of amides is 2. The second-order valence-electron chi connectivity index (χ2n) is 2.35. The fourth-order valence-corrected chi connectivity index (χ4v) is 0.767. The van der Waals surface area contributed by atoms with Crippen molar-refractivity contribution >= 4 is 11.8 Å². The van der Waals surface area contributed by atoms with Crippen LogP contribution in [0.25, 0.3) is 0 Å². The normalized spacial score (nSPS) is 9.62. The summed E-state index contributed by atoms with van der Waals surface area (Å²) < 4.78 is 1.20. The highest BCUT2D eigenvalue weighted by molar-refractivity contribution is 5.91. The highest BCUT2D eigenvalue weighted by Gasteiger charge is 2.08. The average molecular weight is 183 g/mol. The van der Waals surface area contributed by atoms with Crippen molar-refractivity contribution in [1.82, 2.24) is 20.3 Å². The SMILES string of the molecule is CNC(=O)c1cn(CC(N)=O)nn1. The second-order valence-corrected chi connectivity index (χ2v) is 2.35. The van der Waals surface area contributed by atoms with Crippen molar-refractivity contribution in [3.05, 3.63) is 11.9 Å². The summed E-state index contributed by atoms with van der Waals surface area (Å²) in [6.07, 6.45) is 1.35. The molecule has 13 heavy (non-hydrogen) atoms. The van der Waals surface area contributed by atoms with E-state index in [9.17, 15) is 9.59 Å². The summed E-state index contributed by atoms with van der Waals surface area (Å²) in [7, 11) is 1.48. The second kappa shape index (κ2) is 3.65. The first-order valence-electron chi connectivity index (χ1n) is 3.54. The summed E-state index contributed by atoms with van der Waals surface area (Å²) >= 11 is 0. The quantitative estimate of drug-likeness (QED) is 0.572. The molecule has 0 aliphatic heterocycles. The van der Waals surface area contributed by atoms with Crippen molar-refractivity contribution in [2.24, 2.45) is 5.73 Å². The molecule has 0 aliphatic carbocycles. The van der Waals surface area contributed by atoms with Gasteiger partial charge in [0, 0.05) is 7.05 Å². The van der Waals surface area contributed by atoms with Crippen molar-refractivity contribution in [2.45, 2.75) is 6.54 Å². The Morgan fingerprint density at radius 3 is 2.92 bits per heavy atom. The Kier molecular flexibility index (Phi) is 2.58. The van der Waals surface area contributed by atoms with E-state index in [0.717, 1.165) is 0 Å². The molecule has 1 aromatic rings. The molecule has 0 unspecified atom stereocenters. The first-order chi connectivity index (χ1) is 6.13. The molecular weight excluding hydrogens is 174 g/mol. The molecule has 0 fully saturated rings. The Balaban J connectivity index is 2.74. The van der Waals surface area contributed by atoms with E-state index in [1.807, 2.05) is 0 Å². The van der Waals surface area contributed by atoms with Crippen molar-refractivity contribution in [3.63, 3.8) is 0 Å². The lowest BCUT2D eigenvalue weighted by atomic mass is 10.4. The van der Waals surface area contributed by atoms with Gasteiger partial charge >= 0.3 is 0 Å². The lowest BCUT2D eigenvalue weighted by Crippen LogP contribution is -2.19. The number of nitrogens with one attached hydrogen (secondary N) is 1. The highest BCUT2D eigenvalue weighted by atomic mass is 16.2. The van der Waals surface area contributed by atoms with Crippen LogP contribution in [-0.4, -0.2) is 33.9 Å². The molecule has 70 valence electrons. The third-order valence-electron chi connectivity index (χ3n) is 1.32. The molecule has 7 heteroatoms. The lowest BCUT2D eigenvalue weighted by Gasteiger charge is -1.92. The summed E-state index contributed by atoms with van der Waals surface area (Å²) in [6, 6.07) is 0. The molecule has 2 amide bonds. The molecule has 0 radical (unpaired) electrons. The van der Waals surface area contributed by atoms with Crippen LogP contribution in [0.3, 0.4) is 0 Å². The Morgan fingerprint density at radius 2 is 2.38 bits per heavy atom. The van der Waals surface area contributed by atoms with Gasteiger partial charge in [0.2, 0.25) is 5.91 Å². The van der Waals surface area contributed by atoms with Gasteiger partial charge in [-0.25, -0.2) is 4.68 Å².